The van der Waals surface area contributed by atoms with Gasteiger partial charge in [-0.25, -0.2) is 0 Å². The van der Waals surface area contributed by atoms with Crippen LogP contribution >= 0.6 is 11.6 Å². The van der Waals surface area contributed by atoms with Crippen LogP contribution in [-0.4, -0.2) is 12.2 Å². The Morgan fingerprint density at radius 1 is 0.842 bits per heavy atom. The summed E-state index contributed by atoms with van der Waals surface area (Å²) >= 11 is 6.24. The van der Waals surface area contributed by atoms with Crippen molar-refractivity contribution in [2.45, 2.75) is 39.9 Å². The third-order valence-corrected chi connectivity index (χ3v) is 2.89. The molecule has 0 radical (unpaired) electrons. The first-order valence-corrected chi connectivity index (χ1v) is 6.90. The molecule has 0 spiro atoms. The average molecular weight is 279 g/mol. The van der Waals surface area contributed by atoms with E-state index in [4.69, 9.17) is 21.1 Å². The van der Waals surface area contributed by atoms with Gasteiger partial charge in [0, 0.05) is 0 Å². The summed E-state index contributed by atoms with van der Waals surface area (Å²) in [5.74, 6) is 1.58. The number of benzene rings is 2. The summed E-state index contributed by atoms with van der Waals surface area (Å²) in [6, 6.07) is 9.88. The van der Waals surface area contributed by atoms with Gasteiger partial charge in [0.25, 0.3) is 0 Å². The maximum Gasteiger partial charge on any atom is 0.138 e. The van der Waals surface area contributed by atoms with Gasteiger partial charge >= 0.3 is 0 Å². The Labute approximate surface area is 119 Å². The van der Waals surface area contributed by atoms with E-state index >= 15 is 0 Å². The molecule has 0 N–H and O–H groups in total. The second-order valence-corrected chi connectivity index (χ2v) is 5.53. The molecule has 0 aliphatic heterocycles. The highest BCUT2D eigenvalue weighted by molar-refractivity contribution is 6.32. The molecule has 2 aromatic rings. The summed E-state index contributed by atoms with van der Waals surface area (Å²) in [6.07, 6.45) is 0.273. The fourth-order valence-electron chi connectivity index (χ4n) is 1.92. The van der Waals surface area contributed by atoms with Gasteiger partial charge in [-0.1, -0.05) is 17.7 Å². The standard InChI is InChI=1S/C16H19ClO2/c1-10(2)18-14-6-5-12-9-16(19-11(3)4)15(17)8-13(12)7-14/h5-11H,1-4H3. The van der Waals surface area contributed by atoms with E-state index in [1.165, 1.54) is 0 Å². The van der Waals surface area contributed by atoms with Crippen LogP contribution in [0.15, 0.2) is 30.3 Å². The van der Waals surface area contributed by atoms with Crippen LogP contribution < -0.4 is 9.47 Å². The molecule has 2 nitrogen and oxygen atoms in total. The highest BCUT2D eigenvalue weighted by Gasteiger charge is 2.07. The zero-order valence-corrected chi connectivity index (χ0v) is 12.5. The summed E-state index contributed by atoms with van der Waals surface area (Å²) in [6.45, 7) is 7.99. The Hall–Kier alpha value is -1.41. The minimum Gasteiger partial charge on any atom is -0.491 e. The van der Waals surface area contributed by atoms with Gasteiger partial charge in [0.2, 0.25) is 0 Å². The van der Waals surface area contributed by atoms with Crippen LogP contribution in [0.1, 0.15) is 27.7 Å². The van der Waals surface area contributed by atoms with Crippen LogP contribution in [0.4, 0.5) is 0 Å². The molecule has 0 bridgehead atoms. The molecule has 0 aliphatic rings. The predicted octanol–water partition coefficient (Wildman–Crippen LogP) is 5.07. The fourth-order valence-corrected chi connectivity index (χ4v) is 2.13. The number of halogens is 1. The maximum absolute atomic E-state index is 6.24. The molecule has 0 atom stereocenters. The molecular formula is C16H19ClO2. The van der Waals surface area contributed by atoms with Gasteiger partial charge in [-0.05, 0) is 62.7 Å². The number of fused-ring (bicyclic) bond motifs is 1. The van der Waals surface area contributed by atoms with Crippen molar-refractivity contribution in [3.05, 3.63) is 35.4 Å². The molecule has 2 aromatic carbocycles. The maximum atomic E-state index is 6.24. The number of hydrogen-bond donors (Lipinski definition) is 0. The summed E-state index contributed by atoms with van der Waals surface area (Å²) in [7, 11) is 0. The van der Waals surface area contributed by atoms with Crippen molar-refractivity contribution < 1.29 is 9.47 Å². The van der Waals surface area contributed by atoms with Crippen molar-refractivity contribution in [3.63, 3.8) is 0 Å². The van der Waals surface area contributed by atoms with Gasteiger partial charge < -0.3 is 9.47 Å². The first-order valence-electron chi connectivity index (χ1n) is 6.52. The van der Waals surface area contributed by atoms with E-state index < -0.39 is 0 Å². The molecule has 0 aliphatic carbocycles. The van der Waals surface area contributed by atoms with Gasteiger partial charge in [-0.3, -0.25) is 0 Å². The second-order valence-electron chi connectivity index (χ2n) is 5.12. The van der Waals surface area contributed by atoms with Gasteiger partial charge in [0.05, 0.1) is 17.2 Å². The Kier molecular flexibility index (Phi) is 4.20. The van der Waals surface area contributed by atoms with Crippen LogP contribution in [0.3, 0.4) is 0 Å². The lowest BCUT2D eigenvalue weighted by Gasteiger charge is -2.14. The molecule has 0 fully saturated rings. The number of rotatable bonds is 4. The fraction of sp³-hybridized carbons (Fsp3) is 0.375. The predicted molar refractivity (Wildman–Crippen MR) is 80.5 cm³/mol. The summed E-state index contributed by atoms with van der Waals surface area (Å²) < 4.78 is 11.4. The number of hydrogen-bond acceptors (Lipinski definition) is 2. The van der Waals surface area contributed by atoms with Crippen LogP contribution in [-0.2, 0) is 0 Å². The monoisotopic (exact) mass is 278 g/mol. The molecule has 2 rings (SSSR count). The van der Waals surface area contributed by atoms with E-state index in [9.17, 15) is 0 Å². The van der Waals surface area contributed by atoms with Crippen molar-refractivity contribution in [1.82, 2.24) is 0 Å². The third-order valence-electron chi connectivity index (χ3n) is 2.60. The SMILES string of the molecule is CC(C)Oc1ccc2cc(OC(C)C)c(Cl)cc2c1. The van der Waals surface area contributed by atoms with Crippen molar-refractivity contribution in [1.29, 1.82) is 0 Å². The van der Waals surface area contributed by atoms with E-state index in [1.807, 2.05) is 58.0 Å². The van der Waals surface area contributed by atoms with Gasteiger partial charge in [0.15, 0.2) is 0 Å². The van der Waals surface area contributed by atoms with E-state index in [0.29, 0.717) is 5.02 Å². The van der Waals surface area contributed by atoms with Crippen molar-refractivity contribution in [2.75, 3.05) is 0 Å². The van der Waals surface area contributed by atoms with Crippen LogP contribution in [0.5, 0.6) is 11.5 Å². The molecule has 3 heteroatoms. The highest BCUT2D eigenvalue weighted by Crippen LogP contribution is 2.32. The molecule has 0 saturated carbocycles. The first-order chi connectivity index (χ1) is 8.95. The second kappa shape index (κ2) is 5.70. The van der Waals surface area contributed by atoms with Gasteiger partial charge in [-0.2, -0.15) is 0 Å². The molecule has 102 valence electrons. The smallest absolute Gasteiger partial charge is 0.138 e. The topological polar surface area (TPSA) is 18.5 Å². The minimum absolute atomic E-state index is 0.110. The van der Waals surface area contributed by atoms with Crippen LogP contribution in [0.25, 0.3) is 10.8 Å². The Morgan fingerprint density at radius 2 is 1.53 bits per heavy atom. The Morgan fingerprint density at radius 3 is 2.16 bits per heavy atom. The lowest BCUT2D eigenvalue weighted by molar-refractivity contribution is 0.242. The normalized spacial score (nSPS) is 11.3. The van der Waals surface area contributed by atoms with E-state index in [1.54, 1.807) is 0 Å². The lowest BCUT2D eigenvalue weighted by atomic mass is 10.1. The van der Waals surface area contributed by atoms with Gasteiger partial charge in [-0.15, -0.1) is 0 Å². The molecule has 0 amide bonds. The molecular weight excluding hydrogens is 260 g/mol. The zero-order valence-electron chi connectivity index (χ0n) is 11.7. The van der Waals surface area contributed by atoms with E-state index in [0.717, 1.165) is 22.3 Å². The summed E-state index contributed by atoms with van der Waals surface area (Å²) in [5, 5.41) is 2.78. The molecule has 0 heterocycles. The molecule has 19 heavy (non-hydrogen) atoms. The molecule has 0 saturated heterocycles. The largest absolute Gasteiger partial charge is 0.491 e. The molecule has 0 aromatic heterocycles. The molecule has 0 unspecified atom stereocenters. The van der Waals surface area contributed by atoms with Crippen LogP contribution in [0.2, 0.25) is 5.02 Å². The van der Waals surface area contributed by atoms with Crippen molar-refractivity contribution in [2.24, 2.45) is 0 Å². The minimum atomic E-state index is 0.110. The summed E-state index contributed by atoms with van der Waals surface area (Å²) in [5.41, 5.74) is 0. The Bertz CT molecular complexity index is 576. The highest BCUT2D eigenvalue weighted by atomic mass is 35.5. The number of ether oxygens (including phenoxy) is 2. The van der Waals surface area contributed by atoms with Crippen molar-refractivity contribution in [3.8, 4) is 11.5 Å². The first kappa shape index (κ1) is 14.0. The lowest BCUT2D eigenvalue weighted by Crippen LogP contribution is -2.06. The van der Waals surface area contributed by atoms with Crippen molar-refractivity contribution >= 4 is 22.4 Å². The van der Waals surface area contributed by atoms with E-state index in [2.05, 4.69) is 0 Å². The third kappa shape index (κ3) is 3.54. The summed E-state index contributed by atoms with van der Waals surface area (Å²) in [4.78, 5) is 0. The van der Waals surface area contributed by atoms with Gasteiger partial charge in [0.1, 0.15) is 11.5 Å². The Balaban J connectivity index is 2.40. The average Bonchev–Trinajstić information content (AvgIpc) is 2.29. The quantitative estimate of drug-likeness (QED) is 0.777. The van der Waals surface area contributed by atoms with Crippen LogP contribution in [0, 0.1) is 0 Å². The van der Waals surface area contributed by atoms with E-state index in [-0.39, 0.29) is 12.2 Å². The zero-order chi connectivity index (χ0) is 14.0.